The highest BCUT2D eigenvalue weighted by atomic mass is 19.1. The Hall–Kier alpha value is -1.22. The zero-order chi connectivity index (χ0) is 13.9. The van der Waals surface area contributed by atoms with E-state index in [9.17, 15) is 9.18 Å². The van der Waals surface area contributed by atoms with Gasteiger partial charge in [0.15, 0.2) is 0 Å². The van der Waals surface area contributed by atoms with Gasteiger partial charge in [-0.2, -0.15) is 0 Å². The van der Waals surface area contributed by atoms with Crippen molar-refractivity contribution in [1.82, 2.24) is 5.32 Å². The van der Waals surface area contributed by atoms with Gasteiger partial charge in [0.05, 0.1) is 0 Å². The minimum absolute atomic E-state index is 0.229. The van der Waals surface area contributed by atoms with Gasteiger partial charge in [-0.3, -0.25) is 4.79 Å². The Morgan fingerprint density at radius 2 is 2.26 bits per heavy atom. The van der Waals surface area contributed by atoms with Crippen LogP contribution in [0.25, 0.3) is 0 Å². The van der Waals surface area contributed by atoms with Crippen molar-refractivity contribution in [2.45, 2.75) is 39.5 Å². The first-order chi connectivity index (χ1) is 9.07. The van der Waals surface area contributed by atoms with Gasteiger partial charge in [0.25, 0.3) is 0 Å². The zero-order valence-corrected chi connectivity index (χ0v) is 11.8. The molecule has 1 N–H and O–H groups in total. The van der Waals surface area contributed by atoms with E-state index in [0.29, 0.717) is 6.42 Å². The molecule has 1 aliphatic heterocycles. The summed E-state index contributed by atoms with van der Waals surface area (Å²) < 4.78 is 13.3. The van der Waals surface area contributed by atoms with E-state index >= 15 is 0 Å². The molecule has 1 heterocycles. The van der Waals surface area contributed by atoms with Crippen molar-refractivity contribution in [3.8, 4) is 0 Å². The van der Waals surface area contributed by atoms with Crippen LogP contribution in [0.3, 0.4) is 0 Å². The van der Waals surface area contributed by atoms with Gasteiger partial charge in [0, 0.05) is 18.4 Å². The summed E-state index contributed by atoms with van der Waals surface area (Å²) in [7, 11) is 0. The summed E-state index contributed by atoms with van der Waals surface area (Å²) in [5, 5.41) is 3.30. The van der Waals surface area contributed by atoms with Gasteiger partial charge >= 0.3 is 0 Å². The van der Waals surface area contributed by atoms with E-state index in [1.807, 2.05) is 6.92 Å². The maximum absolute atomic E-state index is 13.3. The molecular weight excluding hydrogens is 241 g/mol. The summed E-state index contributed by atoms with van der Waals surface area (Å²) in [5.41, 5.74) is 1.59. The highest BCUT2D eigenvalue weighted by molar-refractivity contribution is 5.87. The van der Waals surface area contributed by atoms with Crippen LogP contribution in [0.15, 0.2) is 18.2 Å². The lowest BCUT2D eigenvalue weighted by Crippen LogP contribution is -2.34. The molecule has 0 spiro atoms. The fraction of sp³-hybridized carbons (Fsp3) is 0.562. The van der Waals surface area contributed by atoms with Gasteiger partial charge < -0.3 is 5.32 Å². The van der Waals surface area contributed by atoms with E-state index in [2.05, 4.69) is 12.2 Å². The van der Waals surface area contributed by atoms with Crippen molar-refractivity contribution in [1.29, 1.82) is 0 Å². The Morgan fingerprint density at radius 3 is 2.89 bits per heavy atom. The minimum Gasteiger partial charge on any atom is -0.316 e. The highest BCUT2D eigenvalue weighted by Gasteiger charge is 2.39. The first-order valence-electron chi connectivity index (χ1n) is 7.06. The molecule has 0 radical (unpaired) electrons. The molecule has 1 fully saturated rings. The second-order valence-corrected chi connectivity index (χ2v) is 5.63. The maximum atomic E-state index is 13.3. The van der Waals surface area contributed by atoms with Crippen LogP contribution in [-0.4, -0.2) is 18.9 Å². The molecule has 1 atom stereocenters. The number of carbonyl (C=O) groups excluding carboxylic acids is 1. The van der Waals surface area contributed by atoms with E-state index in [4.69, 9.17) is 0 Å². The second kappa shape index (κ2) is 5.83. The lowest BCUT2D eigenvalue weighted by atomic mass is 9.76. The third-order valence-electron chi connectivity index (χ3n) is 4.23. The Bertz CT molecular complexity index is 464. The molecule has 19 heavy (non-hydrogen) atoms. The fourth-order valence-corrected chi connectivity index (χ4v) is 3.00. The van der Waals surface area contributed by atoms with Crippen LogP contribution in [0, 0.1) is 18.2 Å². The molecule has 0 bridgehead atoms. The van der Waals surface area contributed by atoms with Crippen molar-refractivity contribution in [2.24, 2.45) is 5.41 Å². The van der Waals surface area contributed by atoms with Gasteiger partial charge in [-0.15, -0.1) is 0 Å². The molecule has 0 aromatic heterocycles. The molecule has 0 amide bonds. The van der Waals surface area contributed by atoms with Crippen LogP contribution in [0.1, 0.15) is 37.3 Å². The average molecular weight is 263 g/mol. The summed E-state index contributed by atoms with van der Waals surface area (Å²) in [6, 6.07) is 4.69. The molecule has 0 saturated carbocycles. The van der Waals surface area contributed by atoms with Crippen LogP contribution >= 0.6 is 0 Å². The number of ketones is 1. The maximum Gasteiger partial charge on any atom is 0.144 e. The molecule has 1 saturated heterocycles. The SMILES string of the molecule is CCCC1(C(=O)Cc2cc(F)ccc2C)CCNC1. The van der Waals surface area contributed by atoms with E-state index in [1.165, 1.54) is 12.1 Å². The molecule has 0 aliphatic carbocycles. The molecule has 1 unspecified atom stereocenters. The number of carbonyl (C=O) groups is 1. The molecule has 3 heteroatoms. The van der Waals surface area contributed by atoms with Gasteiger partial charge in [-0.25, -0.2) is 4.39 Å². The Balaban J connectivity index is 2.17. The lowest BCUT2D eigenvalue weighted by molar-refractivity contribution is -0.127. The lowest BCUT2D eigenvalue weighted by Gasteiger charge is -2.26. The first-order valence-corrected chi connectivity index (χ1v) is 7.06. The minimum atomic E-state index is -0.262. The summed E-state index contributed by atoms with van der Waals surface area (Å²) in [5.74, 6) is -0.00413. The largest absolute Gasteiger partial charge is 0.316 e. The van der Waals surface area contributed by atoms with Crippen LogP contribution in [0.5, 0.6) is 0 Å². The summed E-state index contributed by atoms with van der Waals surface area (Å²) in [4.78, 5) is 12.6. The molecule has 1 aromatic carbocycles. The number of Topliss-reactive ketones (excluding diaryl/α,β-unsaturated/α-hetero) is 1. The molecule has 104 valence electrons. The van der Waals surface area contributed by atoms with Gasteiger partial charge in [0.2, 0.25) is 0 Å². The van der Waals surface area contributed by atoms with Crippen LogP contribution < -0.4 is 5.32 Å². The van der Waals surface area contributed by atoms with Crippen LogP contribution in [-0.2, 0) is 11.2 Å². The third kappa shape index (κ3) is 3.03. The number of halogens is 1. The second-order valence-electron chi connectivity index (χ2n) is 5.63. The van der Waals surface area contributed by atoms with Crippen molar-refractivity contribution in [2.75, 3.05) is 13.1 Å². The molecule has 2 nitrogen and oxygen atoms in total. The smallest absolute Gasteiger partial charge is 0.144 e. The van der Waals surface area contributed by atoms with Crippen molar-refractivity contribution in [3.63, 3.8) is 0 Å². The van der Waals surface area contributed by atoms with E-state index in [1.54, 1.807) is 6.07 Å². The number of nitrogens with one attached hydrogen (secondary N) is 1. The Kier molecular flexibility index (Phi) is 4.35. The highest BCUT2D eigenvalue weighted by Crippen LogP contribution is 2.33. The standard InChI is InChI=1S/C16H22FNO/c1-3-6-16(7-8-18-11-16)15(19)10-13-9-14(17)5-4-12(13)2/h4-5,9,18H,3,6-8,10-11H2,1-2H3. The predicted molar refractivity (Wildman–Crippen MR) is 74.7 cm³/mol. The van der Waals surface area contributed by atoms with Crippen molar-refractivity contribution in [3.05, 3.63) is 35.1 Å². The fourth-order valence-electron chi connectivity index (χ4n) is 3.00. The quantitative estimate of drug-likeness (QED) is 0.884. The number of hydrogen-bond acceptors (Lipinski definition) is 2. The molecule has 2 rings (SSSR count). The monoisotopic (exact) mass is 263 g/mol. The molecular formula is C16H22FNO. The zero-order valence-electron chi connectivity index (χ0n) is 11.8. The number of benzene rings is 1. The predicted octanol–water partition coefficient (Wildman–Crippen LogP) is 3.03. The van der Waals surface area contributed by atoms with Gasteiger partial charge in [0.1, 0.15) is 11.6 Å². The Morgan fingerprint density at radius 1 is 1.47 bits per heavy atom. The number of rotatable bonds is 5. The van der Waals surface area contributed by atoms with E-state index in [0.717, 1.165) is 43.5 Å². The number of aryl methyl sites for hydroxylation is 1. The van der Waals surface area contributed by atoms with Crippen LogP contribution in [0.2, 0.25) is 0 Å². The van der Waals surface area contributed by atoms with Crippen molar-refractivity contribution >= 4 is 5.78 Å². The summed E-state index contributed by atoms with van der Waals surface area (Å²) >= 11 is 0. The summed E-state index contributed by atoms with van der Waals surface area (Å²) in [6.45, 7) is 5.73. The van der Waals surface area contributed by atoms with Crippen molar-refractivity contribution < 1.29 is 9.18 Å². The van der Waals surface area contributed by atoms with E-state index < -0.39 is 0 Å². The Labute approximate surface area is 114 Å². The molecule has 1 aromatic rings. The topological polar surface area (TPSA) is 29.1 Å². The first kappa shape index (κ1) is 14.2. The van der Waals surface area contributed by atoms with Crippen LogP contribution in [0.4, 0.5) is 4.39 Å². The average Bonchev–Trinajstić information content (AvgIpc) is 2.84. The molecule has 1 aliphatic rings. The van der Waals surface area contributed by atoms with Gasteiger partial charge in [-0.05, 0) is 49.6 Å². The number of hydrogen-bond donors (Lipinski definition) is 1. The normalized spacial score (nSPS) is 22.7. The van der Waals surface area contributed by atoms with Gasteiger partial charge in [-0.1, -0.05) is 19.4 Å². The van der Waals surface area contributed by atoms with E-state index in [-0.39, 0.29) is 17.0 Å². The summed E-state index contributed by atoms with van der Waals surface area (Å²) in [6.07, 6.45) is 3.20. The third-order valence-corrected chi connectivity index (χ3v) is 4.23.